The van der Waals surface area contributed by atoms with Gasteiger partial charge in [-0.2, -0.15) is 0 Å². The van der Waals surface area contributed by atoms with Crippen molar-refractivity contribution >= 4 is 11.9 Å². The van der Waals surface area contributed by atoms with Crippen LogP contribution in [0.4, 0.5) is 0 Å². The summed E-state index contributed by atoms with van der Waals surface area (Å²) in [6, 6.07) is 15.3. The normalized spacial score (nSPS) is 20.1. The maximum Gasteiger partial charge on any atom is 0.303 e. The molecule has 3 rings (SSSR count). The fourth-order valence-electron chi connectivity index (χ4n) is 4.17. The van der Waals surface area contributed by atoms with Gasteiger partial charge in [-0.1, -0.05) is 43.0 Å². The fraction of sp³-hybridized carbons (Fsp3) is 0.407. The zero-order valence-corrected chi connectivity index (χ0v) is 20.0. The van der Waals surface area contributed by atoms with Crippen LogP contribution in [0.1, 0.15) is 37.8 Å². The summed E-state index contributed by atoms with van der Waals surface area (Å²) in [5.41, 5.74) is 1.23. The molecule has 34 heavy (non-hydrogen) atoms. The van der Waals surface area contributed by atoms with Crippen molar-refractivity contribution in [2.24, 2.45) is 5.41 Å². The number of esters is 1. The number of amides is 1. The summed E-state index contributed by atoms with van der Waals surface area (Å²) in [4.78, 5) is 25.3. The highest BCUT2D eigenvalue weighted by Gasteiger charge is 2.48. The van der Waals surface area contributed by atoms with Crippen molar-refractivity contribution in [1.29, 1.82) is 0 Å². The number of methoxy groups -OCH3 is 1. The van der Waals surface area contributed by atoms with Crippen LogP contribution in [0.15, 0.2) is 48.5 Å². The average Bonchev–Trinajstić information content (AvgIpc) is 3.20. The van der Waals surface area contributed by atoms with Crippen molar-refractivity contribution in [3.63, 3.8) is 0 Å². The Morgan fingerprint density at radius 1 is 1.21 bits per heavy atom. The monoisotopic (exact) mass is 465 g/mol. The number of hydrogen-bond acceptors (Lipinski definition) is 6. The average molecular weight is 466 g/mol. The Kier molecular flexibility index (Phi) is 8.19. The van der Waals surface area contributed by atoms with Gasteiger partial charge >= 0.3 is 5.97 Å². The Balaban J connectivity index is 1.80. The molecule has 3 atom stereocenters. The number of benzene rings is 2. The number of aliphatic hydroxyl groups is 1. The number of carbonyl (C=O) groups excluding carboxylic acids is 2. The van der Waals surface area contributed by atoms with Crippen molar-refractivity contribution in [2.45, 2.75) is 32.8 Å². The first-order chi connectivity index (χ1) is 16.2. The molecule has 1 aliphatic rings. The smallest absolute Gasteiger partial charge is 0.303 e. The first-order valence-electron chi connectivity index (χ1n) is 11.2. The maximum atomic E-state index is 12.6. The molecule has 180 valence electrons. The Morgan fingerprint density at radius 3 is 2.59 bits per heavy atom. The number of hydrogen-bond donors (Lipinski definition) is 1. The van der Waals surface area contributed by atoms with E-state index in [1.54, 1.807) is 18.9 Å². The summed E-state index contributed by atoms with van der Waals surface area (Å²) in [5, 5.41) is 10.6. The third-order valence-corrected chi connectivity index (χ3v) is 6.33. The second-order valence-electron chi connectivity index (χ2n) is 8.66. The lowest BCUT2D eigenvalue weighted by molar-refractivity contribution is -0.150. The van der Waals surface area contributed by atoms with Gasteiger partial charge in [-0.25, -0.2) is 0 Å². The van der Waals surface area contributed by atoms with Crippen LogP contribution in [0.25, 0.3) is 0 Å². The quantitative estimate of drug-likeness (QED) is 0.500. The van der Waals surface area contributed by atoms with E-state index in [1.807, 2.05) is 55.5 Å². The predicted molar refractivity (Wildman–Crippen MR) is 128 cm³/mol. The van der Waals surface area contributed by atoms with Crippen LogP contribution in [0.5, 0.6) is 11.5 Å². The van der Waals surface area contributed by atoms with Gasteiger partial charge in [0.1, 0.15) is 6.61 Å². The lowest BCUT2D eigenvalue weighted by Gasteiger charge is -2.33. The summed E-state index contributed by atoms with van der Waals surface area (Å²) in [5.74, 6) is 6.24. The molecule has 0 saturated carbocycles. The van der Waals surface area contributed by atoms with E-state index in [9.17, 15) is 14.7 Å². The van der Waals surface area contributed by atoms with E-state index in [2.05, 4.69) is 11.8 Å². The number of ether oxygens (including phenoxy) is 3. The molecule has 0 bridgehead atoms. The van der Waals surface area contributed by atoms with E-state index in [0.717, 1.165) is 11.1 Å². The molecule has 2 aromatic rings. The summed E-state index contributed by atoms with van der Waals surface area (Å²) >= 11 is 0. The maximum absolute atomic E-state index is 12.6. The molecule has 0 aromatic heterocycles. The third kappa shape index (κ3) is 5.89. The highest BCUT2D eigenvalue weighted by molar-refractivity contribution is 5.80. The van der Waals surface area contributed by atoms with Crippen molar-refractivity contribution < 1.29 is 28.9 Å². The molecular weight excluding hydrogens is 434 g/mol. The molecule has 3 unspecified atom stereocenters. The minimum Gasteiger partial charge on any atom is -0.493 e. The van der Waals surface area contributed by atoms with Crippen LogP contribution in [0.3, 0.4) is 0 Å². The molecule has 1 heterocycles. The molecule has 0 aliphatic carbocycles. The van der Waals surface area contributed by atoms with Gasteiger partial charge in [0.25, 0.3) is 5.91 Å². The van der Waals surface area contributed by atoms with Gasteiger partial charge in [0.2, 0.25) is 0 Å². The summed E-state index contributed by atoms with van der Waals surface area (Å²) < 4.78 is 16.3. The van der Waals surface area contributed by atoms with Crippen LogP contribution < -0.4 is 9.47 Å². The molecule has 1 fully saturated rings. The minimum absolute atomic E-state index is 0.155. The predicted octanol–water partition coefficient (Wildman–Crippen LogP) is 3.00. The van der Waals surface area contributed by atoms with E-state index in [0.29, 0.717) is 24.6 Å². The molecule has 1 amide bonds. The van der Waals surface area contributed by atoms with Gasteiger partial charge in [0.15, 0.2) is 18.1 Å². The standard InChI is InChI=1S/C27H31NO6/c1-19(29)27(3)18-28(26(31)17-34-20(2)30)16-23(27)22-12-13-24(32-4)25(15-22)33-14-8-11-21-9-6-5-7-10-21/h5-7,9-10,12-13,15,19,23,29H,14,16-18H2,1-4H3. The zero-order valence-electron chi connectivity index (χ0n) is 20.0. The van der Waals surface area contributed by atoms with Gasteiger partial charge in [0.05, 0.1) is 13.2 Å². The number of aliphatic hydroxyl groups excluding tert-OH is 1. The molecule has 0 radical (unpaired) electrons. The Morgan fingerprint density at radius 2 is 1.94 bits per heavy atom. The largest absolute Gasteiger partial charge is 0.493 e. The van der Waals surface area contributed by atoms with Gasteiger partial charge in [0, 0.05) is 36.9 Å². The van der Waals surface area contributed by atoms with Gasteiger partial charge < -0.3 is 24.2 Å². The molecule has 0 spiro atoms. The number of likely N-dealkylation sites (tertiary alicyclic amines) is 1. The molecule has 7 heteroatoms. The first kappa shape index (κ1) is 25.1. The van der Waals surface area contributed by atoms with Gasteiger partial charge in [-0.3, -0.25) is 9.59 Å². The van der Waals surface area contributed by atoms with Gasteiger partial charge in [-0.15, -0.1) is 0 Å². The van der Waals surface area contributed by atoms with Crippen molar-refractivity contribution in [3.05, 3.63) is 59.7 Å². The third-order valence-electron chi connectivity index (χ3n) is 6.33. The van der Waals surface area contributed by atoms with E-state index in [-0.39, 0.29) is 25.0 Å². The van der Waals surface area contributed by atoms with E-state index >= 15 is 0 Å². The van der Waals surface area contributed by atoms with Crippen molar-refractivity contribution in [2.75, 3.05) is 33.4 Å². The second kappa shape index (κ2) is 11.1. The van der Waals surface area contributed by atoms with Crippen molar-refractivity contribution in [1.82, 2.24) is 4.90 Å². The summed E-state index contributed by atoms with van der Waals surface area (Å²) in [6.45, 7) is 5.56. The lowest BCUT2D eigenvalue weighted by Crippen LogP contribution is -2.39. The molecule has 7 nitrogen and oxygen atoms in total. The first-order valence-corrected chi connectivity index (χ1v) is 11.2. The SMILES string of the molecule is COc1ccc(C2CN(C(=O)COC(C)=O)CC2(C)C(C)O)cc1OCC#Cc1ccccc1. The molecule has 1 saturated heterocycles. The van der Waals surface area contributed by atoms with E-state index < -0.39 is 17.5 Å². The number of carbonyl (C=O) groups is 2. The second-order valence-corrected chi connectivity index (χ2v) is 8.66. The molecule has 2 aromatic carbocycles. The Hall–Kier alpha value is -3.50. The van der Waals surface area contributed by atoms with E-state index in [4.69, 9.17) is 14.2 Å². The molecule has 1 N–H and O–H groups in total. The fourth-order valence-corrected chi connectivity index (χ4v) is 4.17. The van der Waals surface area contributed by atoms with Crippen LogP contribution in [-0.4, -0.2) is 61.4 Å². The molecular formula is C27H31NO6. The summed E-state index contributed by atoms with van der Waals surface area (Å²) in [6.07, 6.45) is -0.674. The number of nitrogens with zero attached hydrogens (tertiary/aromatic N) is 1. The minimum atomic E-state index is -0.674. The Bertz CT molecular complexity index is 1070. The van der Waals surface area contributed by atoms with Crippen LogP contribution in [0.2, 0.25) is 0 Å². The van der Waals surface area contributed by atoms with Gasteiger partial charge in [-0.05, 0) is 36.8 Å². The lowest BCUT2D eigenvalue weighted by atomic mass is 9.72. The van der Waals surface area contributed by atoms with Crippen LogP contribution >= 0.6 is 0 Å². The van der Waals surface area contributed by atoms with Crippen LogP contribution in [-0.2, 0) is 14.3 Å². The highest BCUT2D eigenvalue weighted by atomic mass is 16.5. The zero-order chi connectivity index (χ0) is 24.7. The van der Waals surface area contributed by atoms with Crippen molar-refractivity contribution in [3.8, 4) is 23.3 Å². The highest BCUT2D eigenvalue weighted by Crippen LogP contribution is 2.46. The Labute approximate surface area is 200 Å². The van der Waals surface area contributed by atoms with Crippen LogP contribution in [0, 0.1) is 17.3 Å². The molecule has 1 aliphatic heterocycles. The summed E-state index contributed by atoms with van der Waals surface area (Å²) in [7, 11) is 1.57. The number of rotatable bonds is 7. The topological polar surface area (TPSA) is 85.3 Å². The van der Waals surface area contributed by atoms with E-state index in [1.165, 1.54) is 6.92 Å².